The number of halogens is 1. The Morgan fingerprint density at radius 3 is 2.69 bits per heavy atom. The molecule has 3 aromatic rings. The summed E-state index contributed by atoms with van der Waals surface area (Å²) < 4.78 is 12.9. The predicted octanol–water partition coefficient (Wildman–Crippen LogP) is 4.95. The van der Waals surface area contributed by atoms with E-state index in [0.717, 1.165) is 19.4 Å². The van der Waals surface area contributed by atoms with Gasteiger partial charge in [0.2, 0.25) is 5.88 Å². The molecule has 186 valence electrons. The van der Waals surface area contributed by atoms with Crippen molar-refractivity contribution in [3.8, 4) is 17.0 Å². The van der Waals surface area contributed by atoms with E-state index in [4.69, 9.17) is 21.1 Å². The van der Waals surface area contributed by atoms with Gasteiger partial charge < -0.3 is 24.5 Å². The number of nitrogens with one attached hydrogen (secondary N) is 1. The second-order valence-electron chi connectivity index (χ2n) is 9.71. The molecule has 1 aliphatic rings. The molecular weight excluding hydrogens is 470 g/mol. The van der Waals surface area contributed by atoms with E-state index in [9.17, 15) is 14.7 Å². The van der Waals surface area contributed by atoms with Gasteiger partial charge in [0, 0.05) is 40.2 Å². The van der Waals surface area contributed by atoms with Crippen molar-refractivity contribution in [2.24, 2.45) is 5.92 Å². The number of hydrogen-bond donors (Lipinski definition) is 2. The lowest BCUT2D eigenvalue weighted by atomic mass is 9.91. The van der Waals surface area contributed by atoms with Crippen molar-refractivity contribution in [2.75, 3.05) is 20.2 Å². The molecule has 0 bridgehead atoms. The zero-order valence-electron chi connectivity index (χ0n) is 20.3. The fourth-order valence-electron chi connectivity index (χ4n) is 4.82. The van der Waals surface area contributed by atoms with Gasteiger partial charge in [-0.2, -0.15) is 0 Å². The number of benzene rings is 1. The number of hydrogen-bond acceptors (Lipinski definition) is 6. The number of carbonyl (C=O) groups excluding carboxylic acids is 1. The fraction of sp³-hybridized carbons (Fsp3) is 0.423. The second-order valence-corrected chi connectivity index (χ2v) is 10.1. The monoisotopic (exact) mass is 499 g/mol. The van der Waals surface area contributed by atoms with E-state index in [-0.39, 0.29) is 17.5 Å². The van der Waals surface area contributed by atoms with Crippen LogP contribution in [0, 0.1) is 5.92 Å². The van der Waals surface area contributed by atoms with Crippen LogP contribution < -0.4 is 10.1 Å². The van der Waals surface area contributed by atoms with E-state index < -0.39 is 23.6 Å². The zero-order chi connectivity index (χ0) is 25.3. The molecule has 2 aromatic heterocycles. The van der Waals surface area contributed by atoms with Crippen LogP contribution in [0.25, 0.3) is 22.0 Å². The number of nitrogens with zero attached hydrogens (tertiary/aromatic N) is 2. The summed E-state index contributed by atoms with van der Waals surface area (Å²) in [6.07, 6.45) is 3.21. The van der Waals surface area contributed by atoms with Crippen LogP contribution in [0.5, 0.6) is 5.88 Å². The van der Waals surface area contributed by atoms with Gasteiger partial charge in [0.1, 0.15) is 17.3 Å². The minimum Gasteiger partial charge on any atom is -0.481 e. The first-order chi connectivity index (χ1) is 16.6. The number of piperidine rings is 1. The maximum atomic E-state index is 13.7. The Morgan fingerprint density at radius 2 is 2.06 bits per heavy atom. The molecule has 8 nitrogen and oxygen atoms in total. The van der Waals surface area contributed by atoms with Crippen LogP contribution in [-0.2, 0) is 9.53 Å². The van der Waals surface area contributed by atoms with Crippen LogP contribution in [0.4, 0.5) is 0 Å². The van der Waals surface area contributed by atoms with Crippen molar-refractivity contribution in [1.29, 1.82) is 0 Å². The number of pyridine rings is 1. The van der Waals surface area contributed by atoms with E-state index in [2.05, 4.69) is 10.3 Å². The highest BCUT2D eigenvalue weighted by atomic mass is 35.5. The SMILES string of the molecule is COc1ncccc1-c1c(C(=O)O)n(C(C(=O)OC(C)(C)C)C2CCCNC2)c2ccc(Cl)cc12. The van der Waals surface area contributed by atoms with E-state index in [0.29, 0.717) is 33.6 Å². The van der Waals surface area contributed by atoms with Crippen LogP contribution in [0.15, 0.2) is 36.5 Å². The molecule has 3 heterocycles. The van der Waals surface area contributed by atoms with Crippen LogP contribution in [0.3, 0.4) is 0 Å². The lowest BCUT2D eigenvalue weighted by Gasteiger charge is -2.33. The molecule has 1 fully saturated rings. The summed E-state index contributed by atoms with van der Waals surface area (Å²) in [7, 11) is 1.48. The topological polar surface area (TPSA) is 103 Å². The van der Waals surface area contributed by atoms with E-state index >= 15 is 0 Å². The quantitative estimate of drug-likeness (QED) is 0.463. The van der Waals surface area contributed by atoms with Crippen molar-refractivity contribution < 1.29 is 24.2 Å². The average molecular weight is 500 g/mol. The number of carboxylic acids is 1. The van der Waals surface area contributed by atoms with E-state index in [1.807, 2.05) is 0 Å². The summed E-state index contributed by atoms with van der Waals surface area (Å²) >= 11 is 6.37. The first-order valence-corrected chi connectivity index (χ1v) is 12.0. The summed E-state index contributed by atoms with van der Waals surface area (Å²) in [5, 5.41) is 14.9. The summed E-state index contributed by atoms with van der Waals surface area (Å²) in [6, 6.07) is 7.78. The molecule has 2 unspecified atom stereocenters. The Bertz CT molecular complexity index is 1260. The lowest BCUT2D eigenvalue weighted by Crippen LogP contribution is -2.41. The number of methoxy groups -OCH3 is 1. The number of esters is 1. The molecule has 9 heteroatoms. The minimum absolute atomic E-state index is 0.0324. The third-order valence-corrected chi connectivity index (χ3v) is 6.34. The Morgan fingerprint density at radius 1 is 1.29 bits per heavy atom. The molecule has 2 N–H and O–H groups in total. The highest BCUT2D eigenvalue weighted by molar-refractivity contribution is 6.31. The van der Waals surface area contributed by atoms with Gasteiger partial charge in [0.15, 0.2) is 0 Å². The maximum Gasteiger partial charge on any atom is 0.353 e. The largest absolute Gasteiger partial charge is 0.481 e. The summed E-state index contributed by atoms with van der Waals surface area (Å²) in [5.74, 6) is -1.52. The molecule has 2 atom stereocenters. The van der Waals surface area contributed by atoms with Crippen LogP contribution in [-0.4, -0.2) is 52.4 Å². The Kier molecular flexibility index (Phi) is 7.05. The van der Waals surface area contributed by atoms with Gasteiger partial charge in [-0.1, -0.05) is 11.6 Å². The molecule has 0 saturated carbocycles. The predicted molar refractivity (Wildman–Crippen MR) is 134 cm³/mol. The first kappa shape index (κ1) is 25.0. The van der Waals surface area contributed by atoms with Crippen LogP contribution >= 0.6 is 11.6 Å². The average Bonchev–Trinajstić information content (AvgIpc) is 3.12. The normalized spacial score (nSPS) is 17.2. The molecular formula is C26H30ClN3O5. The molecule has 1 saturated heterocycles. The Labute approximate surface area is 209 Å². The van der Waals surface area contributed by atoms with Gasteiger partial charge in [-0.05, 0) is 70.5 Å². The smallest absolute Gasteiger partial charge is 0.353 e. The molecule has 1 aromatic carbocycles. The minimum atomic E-state index is -1.17. The number of fused-ring (bicyclic) bond motifs is 1. The number of carbonyl (C=O) groups is 2. The fourth-order valence-corrected chi connectivity index (χ4v) is 4.99. The van der Waals surface area contributed by atoms with Crippen molar-refractivity contribution in [1.82, 2.24) is 14.9 Å². The van der Waals surface area contributed by atoms with E-state index in [1.54, 1.807) is 61.9 Å². The number of aromatic nitrogens is 2. The summed E-state index contributed by atoms with van der Waals surface area (Å²) in [4.78, 5) is 30.8. The van der Waals surface area contributed by atoms with E-state index in [1.165, 1.54) is 7.11 Å². The van der Waals surface area contributed by atoms with Crippen molar-refractivity contribution >= 4 is 34.4 Å². The molecule has 0 aliphatic carbocycles. The third kappa shape index (κ3) is 4.99. The Hall–Kier alpha value is -3.10. The highest BCUT2D eigenvalue weighted by Gasteiger charge is 2.39. The van der Waals surface area contributed by atoms with Gasteiger partial charge >= 0.3 is 11.9 Å². The molecule has 0 spiro atoms. The van der Waals surface area contributed by atoms with Crippen molar-refractivity contribution in [3.63, 3.8) is 0 Å². The first-order valence-electron chi connectivity index (χ1n) is 11.6. The van der Waals surface area contributed by atoms with Crippen molar-refractivity contribution in [3.05, 3.63) is 47.2 Å². The lowest BCUT2D eigenvalue weighted by molar-refractivity contribution is -0.161. The van der Waals surface area contributed by atoms with Gasteiger partial charge in [0.25, 0.3) is 0 Å². The molecule has 35 heavy (non-hydrogen) atoms. The second kappa shape index (κ2) is 9.87. The van der Waals surface area contributed by atoms with Crippen LogP contribution in [0.2, 0.25) is 5.02 Å². The zero-order valence-corrected chi connectivity index (χ0v) is 21.1. The molecule has 0 radical (unpaired) electrons. The third-order valence-electron chi connectivity index (χ3n) is 6.11. The van der Waals surface area contributed by atoms with Crippen LogP contribution in [0.1, 0.15) is 50.1 Å². The Balaban J connectivity index is 2.07. The standard InChI is InChI=1S/C26H30ClN3O5/c1-26(2,3)35-25(33)21(15-7-5-11-28-14-15)30-19-10-9-16(27)13-18(19)20(22(30)24(31)32)17-8-6-12-29-23(17)34-4/h6,8-10,12-13,15,21,28H,5,7,11,14H2,1-4H3,(H,31,32). The van der Waals surface area contributed by atoms with Crippen molar-refractivity contribution in [2.45, 2.75) is 45.3 Å². The van der Waals surface area contributed by atoms with Gasteiger partial charge in [0.05, 0.1) is 12.6 Å². The number of rotatable bonds is 6. The summed E-state index contributed by atoms with van der Waals surface area (Å²) in [5.41, 5.74) is 0.715. The number of ether oxygens (including phenoxy) is 2. The van der Waals surface area contributed by atoms with Gasteiger partial charge in [-0.25, -0.2) is 14.6 Å². The highest BCUT2D eigenvalue weighted by Crippen LogP contribution is 2.43. The summed E-state index contributed by atoms with van der Waals surface area (Å²) in [6.45, 7) is 6.83. The molecule has 1 aliphatic heterocycles. The van der Waals surface area contributed by atoms with Gasteiger partial charge in [-0.15, -0.1) is 0 Å². The number of aromatic carboxylic acids is 1. The molecule has 0 amide bonds. The molecule has 4 rings (SSSR count). The maximum absolute atomic E-state index is 13.7. The number of carboxylic acid groups (broad SMARTS) is 1. The van der Waals surface area contributed by atoms with Gasteiger partial charge in [-0.3, -0.25) is 0 Å².